The van der Waals surface area contributed by atoms with E-state index in [2.05, 4.69) is 4.90 Å². The van der Waals surface area contributed by atoms with Gasteiger partial charge in [-0.25, -0.2) is 9.59 Å². The van der Waals surface area contributed by atoms with Crippen LogP contribution < -0.4 is 0 Å². The molecule has 2 saturated heterocycles. The molecule has 6 heteroatoms. The van der Waals surface area contributed by atoms with Crippen LogP contribution in [0.1, 0.15) is 25.7 Å². The van der Waals surface area contributed by atoms with Crippen LogP contribution >= 0.6 is 0 Å². The molecule has 20 heavy (non-hydrogen) atoms. The third-order valence-electron chi connectivity index (χ3n) is 4.97. The summed E-state index contributed by atoms with van der Waals surface area (Å²) in [7, 11) is 0. The second-order valence-corrected chi connectivity index (χ2v) is 6.00. The summed E-state index contributed by atoms with van der Waals surface area (Å²) >= 11 is 0. The molecule has 110 valence electrons. The van der Waals surface area contributed by atoms with Crippen LogP contribution in [-0.4, -0.2) is 59.8 Å². The van der Waals surface area contributed by atoms with Gasteiger partial charge in [0, 0.05) is 32.3 Å². The van der Waals surface area contributed by atoms with Crippen LogP contribution in [0.2, 0.25) is 0 Å². The molecule has 3 rings (SSSR count). The zero-order valence-corrected chi connectivity index (χ0v) is 11.5. The van der Waals surface area contributed by atoms with E-state index in [0.717, 1.165) is 44.5 Å². The molecule has 0 bridgehead atoms. The molecule has 3 heterocycles. The first-order chi connectivity index (χ1) is 9.58. The summed E-state index contributed by atoms with van der Waals surface area (Å²) in [5.41, 5.74) is 1.29. The predicted molar refractivity (Wildman–Crippen MR) is 71.1 cm³/mol. The number of carbonyl (C=O) groups excluding carboxylic acids is 1. The largest absolute Gasteiger partial charge is 0.465 e. The lowest BCUT2D eigenvalue weighted by atomic mass is 9.71. The first-order valence-corrected chi connectivity index (χ1v) is 7.18. The molecule has 0 aromatic rings. The van der Waals surface area contributed by atoms with E-state index in [1.165, 1.54) is 4.90 Å². The monoisotopic (exact) mass is 280 g/mol. The molecule has 2 fully saturated rings. The highest BCUT2D eigenvalue weighted by molar-refractivity contribution is 5.85. The smallest absolute Gasteiger partial charge is 0.407 e. The molecule has 1 amide bonds. The van der Waals surface area contributed by atoms with Gasteiger partial charge in [0.05, 0.1) is 5.70 Å². The Morgan fingerprint density at radius 2 is 1.75 bits per heavy atom. The third-order valence-corrected chi connectivity index (χ3v) is 4.97. The minimum atomic E-state index is -0.802. The summed E-state index contributed by atoms with van der Waals surface area (Å²) in [6, 6.07) is 0. The number of cyclic esters (lactones) is 1. The van der Waals surface area contributed by atoms with E-state index in [4.69, 9.17) is 9.84 Å². The molecule has 1 spiro atoms. The third kappa shape index (κ3) is 2.46. The van der Waals surface area contributed by atoms with Gasteiger partial charge in [0.1, 0.15) is 6.61 Å². The molecule has 1 N–H and O–H groups in total. The van der Waals surface area contributed by atoms with Crippen molar-refractivity contribution in [3.63, 3.8) is 0 Å². The first kappa shape index (κ1) is 13.3. The molecule has 0 atom stereocenters. The Bertz CT molecular complexity index is 442. The van der Waals surface area contributed by atoms with Crippen molar-refractivity contribution in [1.29, 1.82) is 0 Å². The fourth-order valence-corrected chi connectivity index (χ4v) is 3.49. The Hall–Kier alpha value is -1.72. The Morgan fingerprint density at radius 3 is 2.25 bits per heavy atom. The van der Waals surface area contributed by atoms with Gasteiger partial charge in [-0.3, -0.25) is 0 Å². The highest BCUT2D eigenvalue weighted by Gasteiger charge is 2.39. The van der Waals surface area contributed by atoms with Crippen molar-refractivity contribution in [2.75, 3.05) is 32.8 Å². The maximum Gasteiger partial charge on any atom is 0.407 e. The quantitative estimate of drug-likeness (QED) is 0.733. The molecule has 0 aromatic heterocycles. The van der Waals surface area contributed by atoms with E-state index in [-0.39, 0.29) is 5.97 Å². The summed E-state index contributed by atoms with van der Waals surface area (Å²) in [4.78, 5) is 25.8. The summed E-state index contributed by atoms with van der Waals surface area (Å²) in [5, 5.41) is 9.00. The molecule has 0 aromatic carbocycles. The number of rotatable bonds is 1. The van der Waals surface area contributed by atoms with Gasteiger partial charge in [-0.2, -0.15) is 0 Å². The summed E-state index contributed by atoms with van der Waals surface area (Å²) in [6.45, 7) is 3.59. The van der Waals surface area contributed by atoms with Crippen molar-refractivity contribution in [1.82, 2.24) is 9.80 Å². The molecule has 0 radical (unpaired) electrons. The Labute approximate surface area is 118 Å². The van der Waals surface area contributed by atoms with Crippen molar-refractivity contribution in [3.05, 3.63) is 11.8 Å². The molecule has 6 nitrogen and oxygen atoms in total. The maximum atomic E-state index is 11.1. The van der Waals surface area contributed by atoms with Gasteiger partial charge in [-0.15, -0.1) is 0 Å². The first-order valence-electron chi connectivity index (χ1n) is 7.18. The average Bonchev–Trinajstić information content (AvgIpc) is 2.87. The van der Waals surface area contributed by atoms with Gasteiger partial charge < -0.3 is 19.6 Å². The number of hydrogen-bond donors (Lipinski definition) is 1. The number of esters is 1. The Morgan fingerprint density at radius 1 is 1.15 bits per heavy atom. The molecule has 3 aliphatic heterocycles. The molecular weight excluding hydrogens is 260 g/mol. The number of carboxylic acid groups (broad SMARTS) is 1. The number of ether oxygens (including phenoxy) is 1. The van der Waals surface area contributed by atoms with Crippen LogP contribution in [0.3, 0.4) is 0 Å². The zero-order chi connectivity index (χ0) is 14.2. The number of likely N-dealkylation sites (tertiary alicyclic amines) is 2. The van der Waals surface area contributed by atoms with E-state index in [9.17, 15) is 9.59 Å². The highest BCUT2D eigenvalue weighted by atomic mass is 16.5. The van der Waals surface area contributed by atoms with E-state index >= 15 is 0 Å². The van der Waals surface area contributed by atoms with Crippen LogP contribution in [0.15, 0.2) is 11.8 Å². The summed E-state index contributed by atoms with van der Waals surface area (Å²) in [5.74, 6) is -0.241. The molecule has 0 unspecified atom stereocenters. The van der Waals surface area contributed by atoms with E-state index < -0.39 is 6.09 Å². The van der Waals surface area contributed by atoms with E-state index in [1.54, 1.807) is 6.08 Å². The maximum absolute atomic E-state index is 11.1. The van der Waals surface area contributed by atoms with Crippen molar-refractivity contribution in [2.24, 2.45) is 5.41 Å². The molecule has 3 aliphatic rings. The number of carbonyl (C=O) groups is 2. The zero-order valence-electron chi connectivity index (χ0n) is 11.5. The molecule has 0 saturated carbocycles. The van der Waals surface area contributed by atoms with Gasteiger partial charge in [0.2, 0.25) is 0 Å². The van der Waals surface area contributed by atoms with Crippen LogP contribution in [0, 0.1) is 5.41 Å². The van der Waals surface area contributed by atoms with Crippen molar-refractivity contribution >= 4 is 12.1 Å². The van der Waals surface area contributed by atoms with Gasteiger partial charge in [0.15, 0.2) is 0 Å². The van der Waals surface area contributed by atoms with Crippen LogP contribution in [0.4, 0.5) is 4.79 Å². The van der Waals surface area contributed by atoms with Crippen molar-refractivity contribution < 1.29 is 19.4 Å². The lowest BCUT2D eigenvalue weighted by Crippen LogP contribution is -2.47. The average molecular weight is 280 g/mol. The predicted octanol–water partition coefficient (Wildman–Crippen LogP) is 1.28. The fraction of sp³-hybridized carbons (Fsp3) is 0.714. The van der Waals surface area contributed by atoms with Crippen molar-refractivity contribution in [3.8, 4) is 0 Å². The van der Waals surface area contributed by atoms with Crippen LogP contribution in [0.25, 0.3) is 0 Å². The van der Waals surface area contributed by atoms with E-state index in [1.807, 2.05) is 0 Å². The Balaban J connectivity index is 1.55. The number of piperidine rings is 2. The van der Waals surface area contributed by atoms with Gasteiger partial charge in [-0.1, -0.05) is 0 Å². The minimum absolute atomic E-state index is 0.241. The normalized spacial score (nSPS) is 25.6. The minimum Gasteiger partial charge on any atom is -0.465 e. The standard InChI is InChI=1S/C14H20N2O4/c17-12-9-11(10-20-12)15-5-1-14(2-6-15)3-7-16(8-4-14)13(18)19/h9H,1-8,10H2,(H,18,19). The molecular formula is C14H20N2O4. The molecule has 0 aliphatic carbocycles. The number of amides is 1. The highest BCUT2D eigenvalue weighted by Crippen LogP contribution is 2.42. The SMILES string of the molecule is O=C1C=C(N2CCC3(CCN(C(=O)O)CC3)CC2)CO1. The fourth-order valence-electron chi connectivity index (χ4n) is 3.49. The number of nitrogens with zero attached hydrogens (tertiary/aromatic N) is 2. The lowest BCUT2D eigenvalue weighted by Gasteiger charge is -2.47. The van der Waals surface area contributed by atoms with Crippen LogP contribution in [0.5, 0.6) is 0 Å². The van der Waals surface area contributed by atoms with Gasteiger partial charge in [-0.05, 0) is 31.1 Å². The second kappa shape index (κ2) is 5.00. The van der Waals surface area contributed by atoms with Crippen molar-refractivity contribution in [2.45, 2.75) is 25.7 Å². The van der Waals surface area contributed by atoms with Gasteiger partial charge in [0.25, 0.3) is 0 Å². The summed E-state index contributed by atoms with van der Waals surface area (Å²) in [6.07, 6.45) is 4.86. The Kier molecular flexibility index (Phi) is 3.31. The lowest BCUT2D eigenvalue weighted by molar-refractivity contribution is -0.135. The summed E-state index contributed by atoms with van der Waals surface area (Å²) < 4.78 is 4.95. The van der Waals surface area contributed by atoms with Crippen LogP contribution in [-0.2, 0) is 9.53 Å². The topological polar surface area (TPSA) is 70.1 Å². The number of hydrogen-bond acceptors (Lipinski definition) is 4. The van der Waals surface area contributed by atoms with Gasteiger partial charge >= 0.3 is 12.1 Å². The second-order valence-electron chi connectivity index (χ2n) is 6.00. The van der Waals surface area contributed by atoms with E-state index in [0.29, 0.717) is 25.1 Å².